The van der Waals surface area contributed by atoms with Gasteiger partial charge in [-0.15, -0.1) is 0 Å². The van der Waals surface area contributed by atoms with Gasteiger partial charge in [0.15, 0.2) is 5.65 Å². The second-order valence-corrected chi connectivity index (χ2v) is 7.92. The highest BCUT2D eigenvalue weighted by atomic mass is 15.1. The Kier molecular flexibility index (Phi) is 4.35. The van der Waals surface area contributed by atoms with Crippen LogP contribution in [0.3, 0.4) is 0 Å². The first-order chi connectivity index (χ1) is 14.1. The van der Waals surface area contributed by atoms with E-state index in [9.17, 15) is 0 Å². The van der Waals surface area contributed by atoms with Gasteiger partial charge in [0, 0.05) is 23.5 Å². The molecule has 0 unspecified atom stereocenters. The lowest BCUT2D eigenvalue weighted by Crippen LogP contribution is -2.06. The molecule has 4 heteroatoms. The Morgan fingerprint density at radius 3 is 2.72 bits per heavy atom. The molecule has 5 rings (SSSR count). The summed E-state index contributed by atoms with van der Waals surface area (Å²) in [7, 11) is 0. The van der Waals surface area contributed by atoms with E-state index >= 15 is 0 Å². The Labute approximate surface area is 171 Å². The molecule has 145 valence electrons. The molecule has 0 spiro atoms. The highest BCUT2D eigenvalue weighted by Gasteiger charge is 2.16. The maximum absolute atomic E-state index is 4.88. The molecule has 0 saturated carbocycles. The lowest BCUT2D eigenvalue weighted by Gasteiger charge is -2.13. The van der Waals surface area contributed by atoms with E-state index < -0.39 is 0 Å². The zero-order valence-electron chi connectivity index (χ0n) is 17.2. The quantitative estimate of drug-likeness (QED) is 0.523. The highest BCUT2D eigenvalue weighted by molar-refractivity contribution is 5.76. The van der Waals surface area contributed by atoms with Crippen LogP contribution in [0.15, 0.2) is 42.5 Å². The van der Waals surface area contributed by atoms with Crippen molar-refractivity contribution in [1.29, 1.82) is 0 Å². The Balaban J connectivity index is 1.53. The molecule has 2 aromatic carbocycles. The predicted molar refractivity (Wildman–Crippen MR) is 118 cm³/mol. The van der Waals surface area contributed by atoms with Gasteiger partial charge in [-0.25, -0.2) is 9.97 Å². The van der Waals surface area contributed by atoms with Gasteiger partial charge in [-0.2, -0.15) is 0 Å². The van der Waals surface area contributed by atoms with E-state index in [1.165, 1.54) is 33.6 Å². The second-order valence-electron chi connectivity index (χ2n) is 7.92. The first kappa shape index (κ1) is 17.9. The summed E-state index contributed by atoms with van der Waals surface area (Å²) in [5.41, 5.74) is 10.6. The molecule has 1 radical (unpaired) electrons. The number of fused-ring (bicyclic) bond motifs is 3. The van der Waals surface area contributed by atoms with Gasteiger partial charge in [0.2, 0.25) is 0 Å². The molecule has 1 aliphatic rings. The molecule has 3 heterocycles. The lowest BCUT2D eigenvalue weighted by molar-refractivity contribution is 0.744. The van der Waals surface area contributed by atoms with Crippen LogP contribution >= 0.6 is 0 Å². The van der Waals surface area contributed by atoms with Gasteiger partial charge >= 0.3 is 0 Å². The van der Waals surface area contributed by atoms with Crippen LogP contribution in [0.2, 0.25) is 0 Å². The van der Waals surface area contributed by atoms with E-state index in [1.807, 2.05) is 6.07 Å². The van der Waals surface area contributed by atoms with Crippen LogP contribution in [0.1, 0.15) is 40.7 Å². The maximum Gasteiger partial charge on any atom is 0.160 e. The van der Waals surface area contributed by atoms with Crippen molar-refractivity contribution in [1.82, 2.24) is 14.5 Å². The largest absolute Gasteiger partial charge is 0.355 e. The normalized spacial score (nSPS) is 12.9. The molecule has 0 bridgehead atoms. The van der Waals surface area contributed by atoms with Crippen LogP contribution in [0.25, 0.3) is 11.2 Å². The van der Waals surface area contributed by atoms with Gasteiger partial charge in [-0.1, -0.05) is 25.1 Å². The Morgan fingerprint density at radius 2 is 1.86 bits per heavy atom. The molecule has 0 aliphatic carbocycles. The fraction of sp³-hybridized carbons (Fsp3) is 0.280. The zero-order chi connectivity index (χ0) is 20.0. The van der Waals surface area contributed by atoms with Gasteiger partial charge in [-0.3, -0.25) is 0 Å². The SMILES string of the molecule is CCc1nc2c(C)cc(C)nc2n1Cc1ccc2c(c1)CCc1c[c]ccc1N2. The number of nitrogens with zero attached hydrogens (tertiary/aromatic N) is 3. The van der Waals surface area contributed by atoms with E-state index in [-0.39, 0.29) is 0 Å². The minimum absolute atomic E-state index is 0.795. The summed E-state index contributed by atoms with van der Waals surface area (Å²) in [6, 6.07) is 18.3. The van der Waals surface area contributed by atoms with Crippen molar-refractivity contribution in [2.45, 2.75) is 46.6 Å². The molecule has 29 heavy (non-hydrogen) atoms. The van der Waals surface area contributed by atoms with Gasteiger partial charge in [0.1, 0.15) is 11.3 Å². The van der Waals surface area contributed by atoms with Crippen molar-refractivity contribution in [3.8, 4) is 0 Å². The number of rotatable bonds is 3. The number of benzene rings is 2. The van der Waals surface area contributed by atoms with E-state index in [2.05, 4.69) is 73.1 Å². The minimum atomic E-state index is 0.795. The summed E-state index contributed by atoms with van der Waals surface area (Å²) >= 11 is 0. The van der Waals surface area contributed by atoms with Gasteiger partial charge in [0.05, 0.1) is 6.54 Å². The molecule has 2 aromatic heterocycles. The van der Waals surface area contributed by atoms with Gasteiger partial charge < -0.3 is 9.88 Å². The van der Waals surface area contributed by atoms with Gasteiger partial charge in [-0.05, 0) is 79.3 Å². The molecule has 4 aromatic rings. The van der Waals surface area contributed by atoms with E-state index in [0.29, 0.717) is 0 Å². The Hall–Kier alpha value is -3.14. The summed E-state index contributed by atoms with van der Waals surface area (Å²) in [6.45, 7) is 7.13. The second kappa shape index (κ2) is 7.03. The van der Waals surface area contributed by atoms with Crippen molar-refractivity contribution in [3.05, 3.63) is 82.3 Å². The molecule has 1 N–H and O–H groups in total. The fourth-order valence-corrected chi connectivity index (χ4v) is 4.35. The summed E-state index contributed by atoms with van der Waals surface area (Å²) in [5, 5.41) is 3.60. The first-order valence-corrected chi connectivity index (χ1v) is 10.3. The molecule has 1 aliphatic heterocycles. The third-order valence-corrected chi connectivity index (χ3v) is 5.81. The number of imidazole rings is 1. The third-order valence-electron chi connectivity index (χ3n) is 5.81. The summed E-state index contributed by atoms with van der Waals surface area (Å²) in [6.07, 6.45) is 2.96. The number of hydrogen-bond acceptors (Lipinski definition) is 3. The fourth-order valence-electron chi connectivity index (χ4n) is 4.35. The average Bonchev–Trinajstić information content (AvgIpc) is 2.95. The Morgan fingerprint density at radius 1 is 1.03 bits per heavy atom. The average molecular weight is 382 g/mol. The number of anilines is 2. The van der Waals surface area contributed by atoms with Gasteiger partial charge in [0.25, 0.3) is 0 Å². The number of aryl methyl sites for hydroxylation is 5. The third kappa shape index (κ3) is 3.19. The minimum Gasteiger partial charge on any atom is -0.355 e. The topological polar surface area (TPSA) is 42.7 Å². The van der Waals surface area contributed by atoms with Crippen LogP contribution in [-0.4, -0.2) is 14.5 Å². The first-order valence-electron chi connectivity index (χ1n) is 10.3. The van der Waals surface area contributed by atoms with Crippen molar-refractivity contribution in [2.75, 3.05) is 5.32 Å². The molecule has 0 amide bonds. The van der Waals surface area contributed by atoms with Crippen LogP contribution in [0.4, 0.5) is 11.4 Å². The molecule has 0 saturated heterocycles. The highest BCUT2D eigenvalue weighted by Crippen LogP contribution is 2.31. The summed E-state index contributed by atoms with van der Waals surface area (Å²) in [5.74, 6) is 1.09. The lowest BCUT2D eigenvalue weighted by atomic mass is 10.0. The standard InChI is InChI=1S/C25H25N4/c1-4-23-28-24-16(2)13-17(3)26-25(24)29(23)15-18-9-12-22-20(14-18)11-10-19-7-5-6-8-21(19)27-22/h6-9,12-14,27H,4,10-11,15H2,1-3H3. The maximum atomic E-state index is 4.88. The molecular weight excluding hydrogens is 356 g/mol. The molecule has 0 atom stereocenters. The van der Waals surface area contributed by atoms with Crippen LogP contribution < -0.4 is 5.32 Å². The monoisotopic (exact) mass is 381 g/mol. The van der Waals surface area contributed by atoms with E-state index in [1.54, 1.807) is 0 Å². The molecule has 4 nitrogen and oxygen atoms in total. The summed E-state index contributed by atoms with van der Waals surface area (Å²) < 4.78 is 2.28. The van der Waals surface area contributed by atoms with Crippen molar-refractivity contribution in [3.63, 3.8) is 0 Å². The molecular formula is C25H25N4. The van der Waals surface area contributed by atoms with Crippen molar-refractivity contribution < 1.29 is 0 Å². The predicted octanol–water partition coefficient (Wildman–Crippen LogP) is 5.30. The number of pyridine rings is 1. The van der Waals surface area contributed by atoms with Crippen LogP contribution in [0.5, 0.6) is 0 Å². The Bertz CT molecular complexity index is 1220. The number of aromatic nitrogens is 3. The number of nitrogens with one attached hydrogen (secondary N) is 1. The summed E-state index contributed by atoms with van der Waals surface area (Å²) in [4.78, 5) is 9.70. The number of hydrogen-bond donors (Lipinski definition) is 1. The van der Waals surface area contributed by atoms with Crippen molar-refractivity contribution in [2.24, 2.45) is 0 Å². The van der Waals surface area contributed by atoms with Crippen LogP contribution in [0, 0.1) is 19.9 Å². The smallest absolute Gasteiger partial charge is 0.160 e. The van der Waals surface area contributed by atoms with E-state index in [0.717, 1.165) is 48.5 Å². The van der Waals surface area contributed by atoms with E-state index in [4.69, 9.17) is 9.97 Å². The van der Waals surface area contributed by atoms with Crippen LogP contribution in [-0.2, 0) is 25.8 Å². The molecule has 0 fully saturated rings. The van der Waals surface area contributed by atoms with Crippen molar-refractivity contribution >= 4 is 22.5 Å². The zero-order valence-corrected chi connectivity index (χ0v) is 17.2.